The van der Waals surface area contributed by atoms with Crippen LogP contribution in [0.5, 0.6) is 0 Å². The average molecular weight is 356 g/mol. The normalized spacial score (nSPS) is 11.1. The summed E-state index contributed by atoms with van der Waals surface area (Å²) in [6, 6.07) is 0. The molecule has 0 bridgehead atoms. The van der Waals surface area contributed by atoms with Crippen molar-refractivity contribution >= 4 is 33.0 Å². The van der Waals surface area contributed by atoms with Crippen molar-refractivity contribution in [3.8, 4) is 0 Å². The molecule has 0 aliphatic carbocycles. The van der Waals surface area contributed by atoms with Gasteiger partial charge in [-0.05, 0) is 50.7 Å². The van der Waals surface area contributed by atoms with Gasteiger partial charge in [0.1, 0.15) is 4.47 Å². The van der Waals surface area contributed by atoms with Gasteiger partial charge in [0.2, 0.25) is 0 Å². The molecule has 2 heterocycles. The molecule has 2 rings (SSSR count). The van der Waals surface area contributed by atoms with Gasteiger partial charge in [0.25, 0.3) is 5.56 Å². The van der Waals surface area contributed by atoms with Gasteiger partial charge in [-0.15, -0.1) is 0 Å². The van der Waals surface area contributed by atoms with E-state index in [1.807, 2.05) is 0 Å². The number of rotatable bonds is 5. The lowest BCUT2D eigenvalue weighted by Crippen LogP contribution is -2.26. The third-order valence-electron chi connectivity index (χ3n) is 2.95. The lowest BCUT2D eigenvalue weighted by molar-refractivity contribution is 0.462. The summed E-state index contributed by atoms with van der Waals surface area (Å²) in [5.74, 6) is 0.388. The first-order valence-electron chi connectivity index (χ1n) is 6.50. The smallest absolute Gasteiger partial charge is 0.283 e. The van der Waals surface area contributed by atoms with Gasteiger partial charge in [-0.3, -0.25) is 4.79 Å². The Bertz CT molecular complexity index is 648. The summed E-state index contributed by atoms with van der Waals surface area (Å²) in [6.45, 7) is 7.53. The molecule has 0 amide bonds. The second-order valence-corrected chi connectivity index (χ2v) is 6.72. The molecule has 2 aromatic heterocycles. The zero-order valence-electron chi connectivity index (χ0n) is 11.8. The van der Waals surface area contributed by atoms with Crippen LogP contribution in [0.2, 0.25) is 0 Å². The molecule has 108 valence electrons. The Morgan fingerprint density at radius 1 is 1.45 bits per heavy atom. The quantitative estimate of drug-likeness (QED) is 0.890. The standard InChI is InChI=1S/C14H18BrN3OS/c1-9(2)6-18-14(19)13(15)12(5-17-18)16-4-11-8-20-7-10(11)3/h5,7-9,16H,4,6H2,1-3H3. The van der Waals surface area contributed by atoms with Gasteiger partial charge in [-0.25, -0.2) is 4.68 Å². The number of halogens is 1. The highest BCUT2D eigenvalue weighted by molar-refractivity contribution is 9.10. The summed E-state index contributed by atoms with van der Waals surface area (Å²) in [7, 11) is 0. The van der Waals surface area contributed by atoms with Gasteiger partial charge >= 0.3 is 0 Å². The molecule has 0 spiro atoms. The van der Waals surface area contributed by atoms with Crippen LogP contribution in [0, 0.1) is 12.8 Å². The van der Waals surface area contributed by atoms with Crippen LogP contribution in [0.15, 0.2) is 26.2 Å². The van der Waals surface area contributed by atoms with Crippen LogP contribution in [-0.4, -0.2) is 9.78 Å². The molecule has 1 N–H and O–H groups in total. The van der Waals surface area contributed by atoms with E-state index in [0.29, 0.717) is 23.5 Å². The van der Waals surface area contributed by atoms with Crippen molar-refractivity contribution < 1.29 is 0 Å². The second-order valence-electron chi connectivity index (χ2n) is 5.19. The number of nitrogens with one attached hydrogen (secondary N) is 1. The van der Waals surface area contributed by atoms with E-state index >= 15 is 0 Å². The van der Waals surface area contributed by atoms with Crippen molar-refractivity contribution in [1.82, 2.24) is 9.78 Å². The summed E-state index contributed by atoms with van der Waals surface area (Å²) in [5.41, 5.74) is 3.15. The van der Waals surface area contributed by atoms with Gasteiger partial charge in [0.05, 0.1) is 11.9 Å². The highest BCUT2D eigenvalue weighted by atomic mass is 79.9. The zero-order chi connectivity index (χ0) is 14.7. The highest BCUT2D eigenvalue weighted by Gasteiger charge is 2.10. The summed E-state index contributed by atoms with van der Waals surface area (Å²) >= 11 is 5.06. The van der Waals surface area contributed by atoms with Gasteiger partial charge in [-0.2, -0.15) is 16.4 Å². The molecule has 0 fully saturated rings. The molecule has 0 atom stereocenters. The Kier molecular flexibility index (Phi) is 4.99. The third kappa shape index (κ3) is 3.49. The molecule has 0 radical (unpaired) electrons. The third-order valence-corrected chi connectivity index (χ3v) is 4.63. The van der Waals surface area contributed by atoms with Crippen molar-refractivity contribution in [1.29, 1.82) is 0 Å². The van der Waals surface area contributed by atoms with Gasteiger partial charge in [0.15, 0.2) is 0 Å². The predicted octanol–water partition coefficient (Wildman–Crippen LogP) is 3.64. The van der Waals surface area contributed by atoms with E-state index in [1.165, 1.54) is 15.8 Å². The minimum atomic E-state index is -0.0919. The van der Waals surface area contributed by atoms with E-state index in [1.54, 1.807) is 17.5 Å². The number of nitrogens with zero attached hydrogens (tertiary/aromatic N) is 2. The van der Waals surface area contributed by atoms with Crippen molar-refractivity contribution in [3.05, 3.63) is 42.9 Å². The van der Waals surface area contributed by atoms with Crippen LogP contribution >= 0.6 is 27.3 Å². The molecule has 0 aromatic carbocycles. The number of anilines is 1. The molecule has 4 nitrogen and oxygen atoms in total. The molecule has 0 aliphatic rings. The number of thiophene rings is 1. The van der Waals surface area contributed by atoms with Gasteiger partial charge < -0.3 is 5.32 Å². The van der Waals surface area contributed by atoms with Crippen molar-refractivity contribution in [2.24, 2.45) is 5.92 Å². The van der Waals surface area contributed by atoms with Crippen LogP contribution in [0.1, 0.15) is 25.0 Å². The van der Waals surface area contributed by atoms with E-state index in [-0.39, 0.29) is 5.56 Å². The van der Waals surface area contributed by atoms with Crippen LogP contribution < -0.4 is 10.9 Å². The Morgan fingerprint density at radius 3 is 2.80 bits per heavy atom. The average Bonchev–Trinajstić information content (AvgIpc) is 2.79. The van der Waals surface area contributed by atoms with E-state index in [2.05, 4.69) is 57.9 Å². The van der Waals surface area contributed by atoms with Gasteiger partial charge in [0, 0.05) is 13.1 Å². The molecule has 0 saturated carbocycles. The first kappa shape index (κ1) is 15.3. The lowest BCUT2D eigenvalue weighted by Gasteiger charge is -2.11. The van der Waals surface area contributed by atoms with Crippen LogP contribution in [-0.2, 0) is 13.1 Å². The molecule has 0 unspecified atom stereocenters. The summed E-state index contributed by atoms with van der Waals surface area (Å²) in [5, 5.41) is 11.7. The van der Waals surface area contributed by atoms with E-state index < -0.39 is 0 Å². The van der Waals surface area contributed by atoms with Crippen LogP contribution in [0.25, 0.3) is 0 Å². The topological polar surface area (TPSA) is 46.9 Å². The Labute approximate surface area is 131 Å². The molecule has 2 aromatic rings. The van der Waals surface area contributed by atoms with Crippen molar-refractivity contribution in [2.45, 2.75) is 33.9 Å². The Morgan fingerprint density at radius 2 is 2.20 bits per heavy atom. The minimum absolute atomic E-state index is 0.0919. The second kappa shape index (κ2) is 6.54. The molecular weight excluding hydrogens is 338 g/mol. The maximum atomic E-state index is 12.2. The molecule has 20 heavy (non-hydrogen) atoms. The SMILES string of the molecule is Cc1cscc1CNc1cnn(CC(C)C)c(=O)c1Br. The Balaban J connectivity index is 2.15. The van der Waals surface area contributed by atoms with Crippen LogP contribution in [0.3, 0.4) is 0 Å². The lowest BCUT2D eigenvalue weighted by atomic mass is 10.2. The first-order chi connectivity index (χ1) is 9.49. The van der Waals surface area contributed by atoms with E-state index in [4.69, 9.17) is 0 Å². The highest BCUT2D eigenvalue weighted by Crippen LogP contribution is 2.19. The molecule has 0 aliphatic heterocycles. The predicted molar refractivity (Wildman–Crippen MR) is 87.4 cm³/mol. The fourth-order valence-electron chi connectivity index (χ4n) is 1.82. The molecule has 0 saturated heterocycles. The zero-order valence-corrected chi connectivity index (χ0v) is 14.2. The summed E-state index contributed by atoms with van der Waals surface area (Å²) in [6.07, 6.45) is 1.70. The number of hydrogen-bond donors (Lipinski definition) is 1. The first-order valence-corrected chi connectivity index (χ1v) is 8.23. The summed E-state index contributed by atoms with van der Waals surface area (Å²) in [4.78, 5) is 12.2. The number of aryl methyl sites for hydroxylation is 1. The number of hydrogen-bond acceptors (Lipinski definition) is 4. The number of aromatic nitrogens is 2. The molecule has 6 heteroatoms. The van der Waals surface area contributed by atoms with E-state index in [0.717, 1.165) is 5.69 Å². The van der Waals surface area contributed by atoms with Gasteiger partial charge in [-0.1, -0.05) is 13.8 Å². The minimum Gasteiger partial charge on any atom is -0.379 e. The maximum Gasteiger partial charge on any atom is 0.283 e. The Hall–Kier alpha value is -1.14. The molecular formula is C14H18BrN3OS. The maximum absolute atomic E-state index is 12.2. The van der Waals surface area contributed by atoms with Crippen molar-refractivity contribution in [2.75, 3.05) is 5.32 Å². The largest absolute Gasteiger partial charge is 0.379 e. The van der Waals surface area contributed by atoms with E-state index in [9.17, 15) is 4.79 Å². The fourth-order valence-corrected chi connectivity index (χ4v) is 3.13. The van der Waals surface area contributed by atoms with Crippen molar-refractivity contribution in [3.63, 3.8) is 0 Å². The fraction of sp³-hybridized carbons (Fsp3) is 0.429. The monoisotopic (exact) mass is 355 g/mol. The van der Waals surface area contributed by atoms with Crippen LogP contribution in [0.4, 0.5) is 5.69 Å². The summed E-state index contributed by atoms with van der Waals surface area (Å²) < 4.78 is 2.04.